The molecule has 2 aliphatic carbocycles. The first-order valence-corrected chi connectivity index (χ1v) is 4.98. The topological polar surface area (TPSA) is 0 Å². The predicted octanol–water partition coefficient (Wildman–Crippen LogP) is 2.47. The summed E-state index contributed by atoms with van der Waals surface area (Å²) in [4.78, 5) is 0. The molecule has 46 valence electrons. The molecule has 0 amide bonds. The Hall–Kier alpha value is 0.730. The third kappa shape index (κ3) is 0.789. The monoisotopic (exact) mass is 222 g/mol. The minimum Gasteiger partial charge on any atom is -0.0861 e. The van der Waals surface area contributed by atoms with Gasteiger partial charge in [-0.05, 0) is 37.0 Å². The van der Waals surface area contributed by atoms with E-state index in [-0.39, 0.29) is 0 Å². The van der Waals surface area contributed by atoms with E-state index in [0.717, 1.165) is 5.92 Å². The number of rotatable bonds is 1. The minimum atomic E-state index is 1.11. The second-order valence-corrected chi connectivity index (χ2v) is 4.13. The Kier molecular flexibility index (Phi) is 1.28. The first-order chi connectivity index (χ1) is 3.90. The molecule has 0 N–H and O–H groups in total. The molecule has 1 heteroatoms. The molecule has 0 saturated heterocycles. The Labute approximate surface area is 64.2 Å². The van der Waals surface area contributed by atoms with Crippen molar-refractivity contribution in [2.24, 2.45) is 17.8 Å². The van der Waals surface area contributed by atoms with E-state index in [2.05, 4.69) is 22.6 Å². The first-order valence-electron chi connectivity index (χ1n) is 3.46. The van der Waals surface area contributed by atoms with Crippen LogP contribution in [0, 0.1) is 17.8 Å². The van der Waals surface area contributed by atoms with E-state index in [0.29, 0.717) is 0 Å². The number of hydrogen-bond acceptors (Lipinski definition) is 0. The van der Waals surface area contributed by atoms with Crippen molar-refractivity contribution < 1.29 is 0 Å². The van der Waals surface area contributed by atoms with Gasteiger partial charge >= 0.3 is 0 Å². The largest absolute Gasteiger partial charge is 0.0861 e. The Balaban J connectivity index is 1.89. The molecular formula is C7H11I. The van der Waals surface area contributed by atoms with E-state index in [1.807, 2.05) is 0 Å². The van der Waals surface area contributed by atoms with Gasteiger partial charge in [0.15, 0.2) is 0 Å². The highest BCUT2D eigenvalue weighted by Crippen LogP contribution is 2.54. The third-order valence-electron chi connectivity index (χ3n) is 2.56. The number of halogens is 1. The molecule has 0 radical (unpaired) electrons. The smallest absolute Gasteiger partial charge is 0.00239 e. The quantitative estimate of drug-likeness (QED) is 0.472. The van der Waals surface area contributed by atoms with Crippen LogP contribution >= 0.6 is 22.6 Å². The maximum Gasteiger partial charge on any atom is 0.00239 e. The van der Waals surface area contributed by atoms with Gasteiger partial charge in [-0.15, -0.1) is 0 Å². The van der Waals surface area contributed by atoms with Crippen molar-refractivity contribution in [3.05, 3.63) is 0 Å². The lowest BCUT2D eigenvalue weighted by molar-refractivity contribution is 0.551. The minimum absolute atomic E-state index is 1.11. The fourth-order valence-corrected chi connectivity index (χ4v) is 2.69. The molecule has 2 fully saturated rings. The highest BCUT2D eigenvalue weighted by molar-refractivity contribution is 14.1. The fourth-order valence-electron chi connectivity index (χ4n) is 1.97. The molecule has 0 spiro atoms. The lowest BCUT2D eigenvalue weighted by atomic mass is 10.1. The van der Waals surface area contributed by atoms with Gasteiger partial charge in [-0.2, -0.15) is 0 Å². The summed E-state index contributed by atoms with van der Waals surface area (Å²) in [5.74, 6) is 3.49. The van der Waals surface area contributed by atoms with Crippen LogP contribution in [0.2, 0.25) is 0 Å². The van der Waals surface area contributed by atoms with E-state index in [1.54, 1.807) is 19.3 Å². The molecule has 0 nitrogen and oxygen atoms in total. The number of alkyl halides is 1. The van der Waals surface area contributed by atoms with Crippen LogP contribution in [0.3, 0.4) is 0 Å². The SMILES string of the molecule is IC[C@H]1C[C@@H]2C[C@@H]2C1. The van der Waals surface area contributed by atoms with Crippen LogP contribution in [0.25, 0.3) is 0 Å². The molecule has 2 aliphatic rings. The van der Waals surface area contributed by atoms with E-state index in [1.165, 1.54) is 16.3 Å². The van der Waals surface area contributed by atoms with Gasteiger partial charge in [-0.3, -0.25) is 0 Å². The van der Waals surface area contributed by atoms with Gasteiger partial charge in [0.25, 0.3) is 0 Å². The molecule has 0 aliphatic heterocycles. The van der Waals surface area contributed by atoms with Crippen LogP contribution in [0.4, 0.5) is 0 Å². The van der Waals surface area contributed by atoms with Gasteiger partial charge < -0.3 is 0 Å². The summed E-state index contributed by atoms with van der Waals surface area (Å²) >= 11 is 2.52. The van der Waals surface area contributed by atoms with Crippen LogP contribution in [-0.4, -0.2) is 4.43 Å². The highest BCUT2D eigenvalue weighted by atomic mass is 127. The Morgan fingerprint density at radius 2 is 1.75 bits per heavy atom. The standard InChI is InChI=1S/C7H11I/c8-4-5-1-6-3-7(6)2-5/h5-7H,1-4H2/t5-,6+,7-. The number of fused-ring (bicyclic) bond motifs is 1. The summed E-state index contributed by atoms with van der Waals surface area (Å²) in [5.41, 5.74) is 0. The zero-order chi connectivity index (χ0) is 5.56. The first kappa shape index (κ1) is 5.51. The van der Waals surface area contributed by atoms with Crippen molar-refractivity contribution >= 4 is 22.6 Å². The Morgan fingerprint density at radius 1 is 1.12 bits per heavy atom. The van der Waals surface area contributed by atoms with Crippen molar-refractivity contribution in [2.45, 2.75) is 19.3 Å². The average molecular weight is 222 g/mol. The van der Waals surface area contributed by atoms with E-state index in [4.69, 9.17) is 0 Å². The molecule has 3 atom stereocenters. The van der Waals surface area contributed by atoms with Gasteiger partial charge in [0.2, 0.25) is 0 Å². The highest BCUT2D eigenvalue weighted by Gasteiger charge is 2.44. The van der Waals surface area contributed by atoms with E-state index in [9.17, 15) is 0 Å². The van der Waals surface area contributed by atoms with Crippen molar-refractivity contribution in [1.29, 1.82) is 0 Å². The second kappa shape index (κ2) is 1.86. The molecule has 0 unspecified atom stereocenters. The summed E-state index contributed by atoms with van der Waals surface area (Å²) in [5, 5.41) is 0. The van der Waals surface area contributed by atoms with Crippen molar-refractivity contribution in [3.8, 4) is 0 Å². The zero-order valence-corrected chi connectivity index (χ0v) is 7.10. The second-order valence-electron chi connectivity index (χ2n) is 3.25. The van der Waals surface area contributed by atoms with Crippen LogP contribution in [0.5, 0.6) is 0 Å². The lowest BCUT2D eigenvalue weighted by Gasteiger charge is -2.03. The normalized spacial score (nSPS) is 51.4. The summed E-state index contributed by atoms with van der Waals surface area (Å²) in [7, 11) is 0. The summed E-state index contributed by atoms with van der Waals surface area (Å²) < 4.78 is 1.41. The van der Waals surface area contributed by atoms with Crippen molar-refractivity contribution in [2.75, 3.05) is 4.43 Å². The molecule has 0 aromatic carbocycles. The van der Waals surface area contributed by atoms with Gasteiger partial charge in [0, 0.05) is 4.43 Å². The zero-order valence-electron chi connectivity index (χ0n) is 4.94. The van der Waals surface area contributed by atoms with Crippen LogP contribution in [0.15, 0.2) is 0 Å². The summed E-state index contributed by atoms with van der Waals surface area (Å²) in [6.07, 6.45) is 4.70. The van der Waals surface area contributed by atoms with Crippen molar-refractivity contribution in [1.82, 2.24) is 0 Å². The molecule has 8 heavy (non-hydrogen) atoms. The molecular weight excluding hydrogens is 211 g/mol. The van der Waals surface area contributed by atoms with Crippen LogP contribution in [-0.2, 0) is 0 Å². The van der Waals surface area contributed by atoms with Crippen LogP contribution in [0.1, 0.15) is 19.3 Å². The Morgan fingerprint density at radius 3 is 2.12 bits per heavy atom. The summed E-state index contributed by atoms with van der Waals surface area (Å²) in [6.45, 7) is 0. The van der Waals surface area contributed by atoms with Gasteiger partial charge in [-0.1, -0.05) is 22.6 Å². The maximum atomic E-state index is 2.52. The third-order valence-corrected chi connectivity index (χ3v) is 3.81. The predicted molar refractivity (Wildman–Crippen MR) is 43.2 cm³/mol. The number of hydrogen-bond donors (Lipinski definition) is 0. The average Bonchev–Trinajstić information content (AvgIpc) is 2.40. The molecule has 2 rings (SSSR count). The van der Waals surface area contributed by atoms with Crippen molar-refractivity contribution in [3.63, 3.8) is 0 Å². The van der Waals surface area contributed by atoms with Gasteiger partial charge in [0.1, 0.15) is 0 Å². The summed E-state index contributed by atoms with van der Waals surface area (Å²) in [6, 6.07) is 0. The van der Waals surface area contributed by atoms with E-state index >= 15 is 0 Å². The fraction of sp³-hybridized carbons (Fsp3) is 1.00. The Bertz CT molecular complexity index is 90.6. The van der Waals surface area contributed by atoms with Crippen LogP contribution < -0.4 is 0 Å². The lowest BCUT2D eigenvalue weighted by Crippen LogP contribution is -1.96. The molecule has 0 bridgehead atoms. The molecule has 0 heterocycles. The molecule has 2 saturated carbocycles. The van der Waals surface area contributed by atoms with E-state index < -0.39 is 0 Å². The maximum absolute atomic E-state index is 2.52. The van der Waals surface area contributed by atoms with Gasteiger partial charge in [0.05, 0.1) is 0 Å². The molecule has 0 aromatic heterocycles. The van der Waals surface area contributed by atoms with Gasteiger partial charge in [-0.25, -0.2) is 0 Å². The molecule has 0 aromatic rings.